The van der Waals surface area contributed by atoms with Gasteiger partial charge in [-0.1, -0.05) is 373 Å². The molecule has 0 saturated carbocycles. The summed E-state index contributed by atoms with van der Waals surface area (Å²) in [7, 11) is 0. The highest BCUT2D eigenvalue weighted by Crippen LogP contribution is 2.20. The molecule has 0 aliphatic rings. The first-order valence-corrected chi connectivity index (χ1v) is 36.9. The molecule has 476 valence electrons. The van der Waals surface area contributed by atoms with Gasteiger partial charge < -0.3 is 20.3 Å². The van der Waals surface area contributed by atoms with Crippen LogP contribution in [0.1, 0.15) is 425 Å². The molecular formula is C74H145NO5. The van der Waals surface area contributed by atoms with Gasteiger partial charge in [-0.2, -0.15) is 0 Å². The van der Waals surface area contributed by atoms with Gasteiger partial charge in [-0.05, 0) is 51.4 Å². The number of hydrogen-bond donors (Lipinski definition) is 3. The third kappa shape index (κ3) is 65.7. The zero-order chi connectivity index (χ0) is 57.8. The predicted octanol–water partition coefficient (Wildman–Crippen LogP) is 23.9. The van der Waals surface area contributed by atoms with Crippen LogP contribution in [0.25, 0.3) is 0 Å². The summed E-state index contributed by atoms with van der Waals surface area (Å²) in [5.41, 5.74) is 0. The maximum absolute atomic E-state index is 12.6. The highest BCUT2D eigenvalue weighted by atomic mass is 16.5. The normalized spacial score (nSPS) is 12.5. The van der Waals surface area contributed by atoms with Crippen LogP contribution < -0.4 is 5.32 Å². The lowest BCUT2D eigenvalue weighted by Gasteiger charge is -2.22. The molecule has 6 heteroatoms. The highest BCUT2D eigenvalue weighted by molar-refractivity contribution is 5.76. The van der Waals surface area contributed by atoms with Gasteiger partial charge in [0, 0.05) is 12.8 Å². The molecule has 0 aromatic heterocycles. The summed E-state index contributed by atoms with van der Waals surface area (Å²) in [6.07, 6.45) is 86.9. The molecule has 0 fully saturated rings. The van der Waals surface area contributed by atoms with Crippen molar-refractivity contribution in [3.8, 4) is 0 Å². The predicted molar refractivity (Wildman–Crippen MR) is 352 cm³/mol. The Morgan fingerprint density at radius 2 is 0.588 bits per heavy atom. The van der Waals surface area contributed by atoms with Crippen molar-refractivity contribution in [3.63, 3.8) is 0 Å². The van der Waals surface area contributed by atoms with Gasteiger partial charge in [0.15, 0.2) is 0 Å². The van der Waals surface area contributed by atoms with Gasteiger partial charge in [0.2, 0.25) is 5.91 Å². The Kier molecular flexibility index (Phi) is 68.9. The van der Waals surface area contributed by atoms with Gasteiger partial charge in [0.1, 0.15) is 0 Å². The number of allylic oxidation sites excluding steroid dienone is 2. The van der Waals surface area contributed by atoms with Gasteiger partial charge >= 0.3 is 5.97 Å². The molecule has 2 unspecified atom stereocenters. The van der Waals surface area contributed by atoms with E-state index in [4.69, 9.17) is 4.74 Å². The van der Waals surface area contributed by atoms with Crippen molar-refractivity contribution < 1.29 is 24.5 Å². The molecule has 0 aliphatic carbocycles. The van der Waals surface area contributed by atoms with Crippen LogP contribution in [0, 0.1) is 0 Å². The third-order valence-electron chi connectivity index (χ3n) is 17.6. The molecule has 0 rings (SSSR count). The molecule has 0 radical (unpaired) electrons. The maximum atomic E-state index is 12.6. The molecule has 0 aromatic rings. The van der Waals surface area contributed by atoms with E-state index in [0.29, 0.717) is 25.9 Å². The molecule has 0 bridgehead atoms. The summed E-state index contributed by atoms with van der Waals surface area (Å²) >= 11 is 0. The molecular weight excluding hydrogens is 983 g/mol. The van der Waals surface area contributed by atoms with Crippen molar-refractivity contribution in [2.45, 2.75) is 437 Å². The fourth-order valence-electron chi connectivity index (χ4n) is 11.9. The van der Waals surface area contributed by atoms with Gasteiger partial charge in [-0.3, -0.25) is 9.59 Å². The minimum Gasteiger partial charge on any atom is -0.466 e. The van der Waals surface area contributed by atoms with E-state index in [2.05, 4.69) is 31.3 Å². The van der Waals surface area contributed by atoms with Gasteiger partial charge in [0.25, 0.3) is 0 Å². The minimum absolute atomic E-state index is 0.0141. The molecule has 1 amide bonds. The Morgan fingerprint density at radius 3 is 0.887 bits per heavy atom. The first kappa shape index (κ1) is 78.6. The summed E-state index contributed by atoms with van der Waals surface area (Å²) in [4.78, 5) is 24.7. The maximum Gasteiger partial charge on any atom is 0.305 e. The number of rotatable bonds is 70. The molecule has 2 atom stereocenters. The second-order valence-electron chi connectivity index (χ2n) is 25.6. The number of esters is 1. The summed E-state index contributed by atoms with van der Waals surface area (Å²) in [6.45, 7) is 5.00. The van der Waals surface area contributed by atoms with E-state index in [1.54, 1.807) is 0 Å². The summed E-state index contributed by atoms with van der Waals surface area (Å²) in [6, 6.07) is -0.548. The smallest absolute Gasteiger partial charge is 0.305 e. The topological polar surface area (TPSA) is 95.9 Å². The van der Waals surface area contributed by atoms with Crippen LogP contribution in [-0.2, 0) is 14.3 Å². The van der Waals surface area contributed by atoms with Crippen LogP contribution in [-0.4, -0.2) is 47.4 Å². The SMILES string of the molecule is CCCCCCCCCCCCCCCCCCCCCCCCCCC(O)C(CO)NC(=O)CCCCCCCCC/C=C\CCCCCCCCCCCCOC(=O)CCCCCCCCCCCCCCCCCCCC. The fourth-order valence-corrected chi connectivity index (χ4v) is 11.9. The highest BCUT2D eigenvalue weighted by Gasteiger charge is 2.20. The molecule has 0 aliphatic heterocycles. The molecule has 0 spiro atoms. The summed E-state index contributed by atoms with van der Waals surface area (Å²) in [5.74, 6) is -0.0231. The zero-order valence-corrected chi connectivity index (χ0v) is 54.6. The average molecular weight is 1130 g/mol. The Morgan fingerprint density at radius 1 is 0.338 bits per heavy atom. The van der Waals surface area contributed by atoms with Crippen LogP contribution in [0.5, 0.6) is 0 Å². The van der Waals surface area contributed by atoms with Crippen LogP contribution in [0.15, 0.2) is 12.2 Å². The molecule has 0 saturated heterocycles. The van der Waals surface area contributed by atoms with E-state index in [-0.39, 0.29) is 18.5 Å². The summed E-state index contributed by atoms with van der Waals surface area (Å²) in [5, 5.41) is 23.4. The lowest BCUT2D eigenvalue weighted by Crippen LogP contribution is -2.45. The molecule has 80 heavy (non-hydrogen) atoms. The van der Waals surface area contributed by atoms with Crippen molar-refractivity contribution in [2.75, 3.05) is 13.2 Å². The van der Waals surface area contributed by atoms with Crippen molar-refractivity contribution in [1.82, 2.24) is 5.32 Å². The van der Waals surface area contributed by atoms with Crippen LogP contribution >= 0.6 is 0 Å². The molecule has 0 heterocycles. The molecule has 0 aromatic carbocycles. The lowest BCUT2D eigenvalue weighted by atomic mass is 10.0. The number of aliphatic hydroxyl groups excluding tert-OH is 2. The van der Waals surface area contributed by atoms with E-state index in [9.17, 15) is 19.8 Å². The Bertz CT molecular complexity index is 1210. The monoisotopic (exact) mass is 1130 g/mol. The van der Waals surface area contributed by atoms with E-state index < -0.39 is 12.1 Å². The number of amides is 1. The quantitative estimate of drug-likeness (QED) is 0.0320. The van der Waals surface area contributed by atoms with Crippen molar-refractivity contribution in [1.29, 1.82) is 0 Å². The Balaban J connectivity index is 3.40. The number of hydrogen-bond acceptors (Lipinski definition) is 5. The lowest BCUT2D eigenvalue weighted by molar-refractivity contribution is -0.143. The number of carbonyl (C=O) groups excluding carboxylic acids is 2. The standard InChI is InChI=1S/C74H145NO5/c1-3-5-7-9-11-13-15-17-19-21-23-24-25-26-28-31-34-38-42-46-50-54-58-62-66-72(77)71(70-76)75-73(78)67-63-59-55-51-47-43-39-35-32-29-27-30-33-37-41-45-49-53-57-61-65-69-80-74(79)68-64-60-56-52-48-44-40-36-22-20-18-16-14-12-10-8-6-4-2/h29,32,71-72,76-77H,3-28,30-31,33-70H2,1-2H3,(H,75,78)/b32-29-. The van der Waals surface area contributed by atoms with E-state index in [1.165, 1.54) is 353 Å². The van der Waals surface area contributed by atoms with Crippen molar-refractivity contribution in [2.24, 2.45) is 0 Å². The summed E-state index contributed by atoms with van der Waals surface area (Å²) < 4.78 is 5.51. The molecule has 6 nitrogen and oxygen atoms in total. The number of unbranched alkanes of at least 4 members (excludes halogenated alkanes) is 57. The first-order valence-electron chi connectivity index (χ1n) is 36.9. The number of carbonyl (C=O) groups is 2. The number of ether oxygens (including phenoxy) is 1. The van der Waals surface area contributed by atoms with Crippen molar-refractivity contribution in [3.05, 3.63) is 12.2 Å². The zero-order valence-electron chi connectivity index (χ0n) is 54.6. The third-order valence-corrected chi connectivity index (χ3v) is 17.6. The number of aliphatic hydroxyl groups is 2. The van der Waals surface area contributed by atoms with Gasteiger partial charge in [-0.25, -0.2) is 0 Å². The second-order valence-corrected chi connectivity index (χ2v) is 25.6. The van der Waals surface area contributed by atoms with E-state index in [0.717, 1.165) is 38.5 Å². The first-order chi connectivity index (χ1) is 39.5. The largest absolute Gasteiger partial charge is 0.466 e. The minimum atomic E-state index is -0.670. The Hall–Kier alpha value is -1.40. The van der Waals surface area contributed by atoms with Gasteiger partial charge in [0.05, 0.1) is 25.4 Å². The Labute approximate surface area is 501 Å². The van der Waals surface area contributed by atoms with Crippen molar-refractivity contribution >= 4 is 11.9 Å². The van der Waals surface area contributed by atoms with Crippen LogP contribution in [0.4, 0.5) is 0 Å². The fraction of sp³-hybridized carbons (Fsp3) is 0.946. The average Bonchev–Trinajstić information content (AvgIpc) is 3.46. The molecule has 3 N–H and O–H groups in total. The number of nitrogens with one attached hydrogen (secondary N) is 1. The second kappa shape index (κ2) is 70.1. The van der Waals surface area contributed by atoms with E-state index >= 15 is 0 Å². The van der Waals surface area contributed by atoms with Crippen LogP contribution in [0.3, 0.4) is 0 Å². The van der Waals surface area contributed by atoms with Crippen LogP contribution in [0.2, 0.25) is 0 Å². The van der Waals surface area contributed by atoms with Gasteiger partial charge in [-0.15, -0.1) is 0 Å². The van der Waals surface area contributed by atoms with E-state index in [1.807, 2.05) is 0 Å².